The molecule has 6 nitrogen and oxygen atoms in total. The molecule has 3 aromatic rings. The zero-order chi connectivity index (χ0) is 18.1. The molecule has 2 aromatic heterocycles. The molecule has 0 aliphatic carbocycles. The van der Waals surface area contributed by atoms with Crippen molar-refractivity contribution in [3.05, 3.63) is 56.9 Å². The summed E-state index contributed by atoms with van der Waals surface area (Å²) in [6.07, 6.45) is 1.29. The predicted molar refractivity (Wildman–Crippen MR) is 100.0 cm³/mol. The molecule has 0 fully saturated rings. The zero-order valence-electron chi connectivity index (χ0n) is 12.5. The van der Waals surface area contributed by atoms with Gasteiger partial charge in [-0.05, 0) is 17.7 Å². The molecule has 0 saturated heterocycles. The van der Waals surface area contributed by atoms with Crippen LogP contribution in [-0.4, -0.2) is 15.9 Å². The quantitative estimate of drug-likeness (QED) is 0.647. The number of nitrogen functional groups attached to an aromatic ring is 1. The normalized spacial score (nSPS) is 10.4. The second-order valence-electron chi connectivity index (χ2n) is 4.91. The van der Waals surface area contributed by atoms with E-state index < -0.39 is 5.91 Å². The molecule has 0 bridgehead atoms. The number of hydrogen-bond acceptors (Lipinski definition) is 5. The number of nitrogens with zero attached hydrogens (tertiary/aromatic N) is 3. The Morgan fingerprint density at radius 3 is 2.60 bits per heavy atom. The molecule has 124 valence electrons. The van der Waals surface area contributed by atoms with Crippen molar-refractivity contribution < 1.29 is 4.79 Å². The van der Waals surface area contributed by atoms with Crippen molar-refractivity contribution in [2.75, 3.05) is 5.73 Å². The molecule has 0 aliphatic rings. The molecule has 0 aliphatic heterocycles. The van der Waals surface area contributed by atoms with Gasteiger partial charge in [0.15, 0.2) is 0 Å². The van der Waals surface area contributed by atoms with E-state index in [0.29, 0.717) is 31.7 Å². The van der Waals surface area contributed by atoms with Gasteiger partial charge in [-0.2, -0.15) is 0 Å². The third-order valence-electron chi connectivity index (χ3n) is 3.34. The van der Waals surface area contributed by atoms with E-state index in [1.165, 1.54) is 18.5 Å². The number of amides is 1. The van der Waals surface area contributed by atoms with Gasteiger partial charge in [-0.1, -0.05) is 29.3 Å². The van der Waals surface area contributed by atoms with Gasteiger partial charge in [-0.3, -0.25) is 4.79 Å². The van der Waals surface area contributed by atoms with Gasteiger partial charge in [0.2, 0.25) is 5.69 Å². The average molecular weight is 390 g/mol. The van der Waals surface area contributed by atoms with Crippen LogP contribution in [-0.2, 0) is 0 Å². The third-order valence-corrected chi connectivity index (χ3v) is 5.10. The molecule has 4 N–H and O–H groups in total. The number of nitrogens with two attached hydrogens (primary N) is 2. The summed E-state index contributed by atoms with van der Waals surface area (Å²) in [5, 5.41) is 0.754. The first-order chi connectivity index (χ1) is 11.9. The molecule has 2 heterocycles. The summed E-state index contributed by atoms with van der Waals surface area (Å²) in [6.45, 7) is 7.58. The number of carbonyl (C=O) groups excluding carboxylic acids is 1. The van der Waals surface area contributed by atoms with Crippen LogP contribution in [0.4, 0.5) is 11.5 Å². The molecule has 9 heteroatoms. The Kier molecular flexibility index (Phi) is 4.59. The van der Waals surface area contributed by atoms with E-state index in [2.05, 4.69) is 14.8 Å². The molecule has 3 rings (SSSR count). The first kappa shape index (κ1) is 17.2. The Morgan fingerprint density at radius 1 is 1.24 bits per heavy atom. The van der Waals surface area contributed by atoms with Crippen LogP contribution in [0.5, 0.6) is 0 Å². The molecule has 25 heavy (non-hydrogen) atoms. The van der Waals surface area contributed by atoms with Gasteiger partial charge < -0.3 is 11.5 Å². The number of primary amides is 1. The molecule has 0 unspecified atom stereocenters. The lowest BCUT2D eigenvalue weighted by Gasteiger charge is -2.06. The number of benzene rings is 1. The van der Waals surface area contributed by atoms with Gasteiger partial charge in [-0.25, -0.2) is 14.8 Å². The summed E-state index contributed by atoms with van der Waals surface area (Å²) in [4.78, 5) is 24.2. The molecule has 0 atom stereocenters. The molecule has 0 radical (unpaired) electrons. The van der Waals surface area contributed by atoms with Crippen LogP contribution in [0.3, 0.4) is 0 Å². The maximum atomic E-state index is 12.0. The van der Waals surface area contributed by atoms with E-state index in [4.69, 9.17) is 41.2 Å². The summed E-state index contributed by atoms with van der Waals surface area (Å²) >= 11 is 13.3. The Hall–Kier alpha value is -2.66. The third kappa shape index (κ3) is 3.15. The fraction of sp³-hybridized carbons (Fsp3) is 0. The van der Waals surface area contributed by atoms with Crippen LogP contribution in [0.15, 0.2) is 30.6 Å². The number of rotatable bonds is 3. The summed E-state index contributed by atoms with van der Waals surface area (Å²) in [5.74, 6) is -0.412. The molecular formula is C16H9Cl2N5OS. The molecule has 1 aromatic carbocycles. The fourth-order valence-electron chi connectivity index (χ4n) is 2.31. The number of carbonyl (C=O) groups is 1. The monoisotopic (exact) mass is 389 g/mol. The highest BCUT2D eigenvalue weighted by atomic mass is 35.5. The van der Waals surface area contributed by atoms with E-state index in [1.54, 1.807) is 12.1 Å². The maximum absolute atomic E-state index is 12.0. The zero-order valence-corrected chi connectivity index (χ0v) is 14.8. The average Bonchev–Trinajstić information content (AvgIpc) is 2.94. The molecule has 0 saturated carbocycles. The smallest absolute Gasteiger partial charge is 0.258 e. The summed E-state index contributed by atoms with van der Waals surface area (Å²) in [7, 11) is 0. The van der Waals surface area contributed by atoms with E-state index in [1.807, 2.05) is 0 Å². The van der Waals surface area contributed by atoms with Crippen LogP contribution in [0.25, 0.3) is 26.5 Å². The van der Waals surface area contributed by atoms with Crippen LogP contribution in [0, 0.1) is 6.57 Å². The Balaban J connectivity index is 2.35. The van der Waals surface area contributed by atoms with Crippen molar-refractivity contribution in [3.63, 3.8) is 0 Å². The van der Waals surface area contributed by atoms with Crippen molar-refractivity contribution in [2.24, 2.45) is 5.73 Å². The summed E-state index contributed by atoms with van der Waals surface area (Å²) in [6, 6.07) is 6.34. The standard InChI is InChI=1S/C16H9Cl2N5OS/c1-21-13-12(8-3-2-7(17)4-9(8)18)15(16(20)24)25-14(13)10-5-11(19)23-6-22-10/h2-6H,(H2,20,24)(H2,19,22,23). The van der Waals surface area contributed by atoms with E-state index in [0.717, 1.165) is 11.3 Å². The van der Waals surface area contributed by atoms with Gasteiger partial charge in [0.1, 0.15) is 12.1 Å². The van der Waals surface area contributed by atoms with Crippen molar-refractivity contribution in [1.82, 2.24) is 9.97 Å². The van der Waals surface area contributed by atoms with E-state index in [-0.39, 0.29) is 16.4 Å². The highest BCUT2D eigenvalue weighted by Gasteiger charge is 2.26. The van der Waals surface area contributed by atoms with Gasteiger partial charge in [0.25, 0.3) is 5.91 Å². The minimum atomic E-state index is -0.663. The number of anilines is 1. The van der Waals surface area contributed by atoms with Crippen molar-refractivity contribution >= 4 is 52.0 Å². The highest BCUT2D eigenvalue weighted by Crippen LogP contribution is 2.49. The van der Waals surface area contributed by atoms with Gasteiger partial charge in [-0.15, -0.1) is 11.3 Å². The lowest BCUT2D eigenvalue weighted by molar-refractivity contribution is 0.100. The Labute approximate surface area is 156 Å². The largest absolute Gasteiger partial charge is 0.384 e. The SMILES string of the molecule is [C-]#[N+]c1c(-c2cc(N)ncn2)sc(C(N)=O)c1-c1ccc(Cl)cc1Cl. The lowest BCUT2D eigenvalue weighted by atomic mass is 10.0. The molecule has 0 spiro atoms. The number of aromatic nitrogens is 2. The summed E-state index contributed by atoms with van der Waals surface area (Å²) in [5.41, 5.74) is 12.7. The topological polar surface area (TPSA) is 99.2 Å². The van der Waals surface area contributed by atoms with Crippen molar-refractivity contribution in [1.29, 1.82) is 0 Å². The van der Waals surface area contributed by atoms with Gasteiger partial charge in [0.05, 0.1) is 22.0 Å². The van der Waals surface area contributed by atoms with Crippen LogP contribution in [0.2, 0.25) is 10.0 Å². The molecular weight excluding hydrogens is 381 g/mol. The van der Waals surface area contributed by atoms with Gasteiger partial charge >= 0.3 is 0 Å². The second kappa shape index (κ2) is 6.69. The molecule has 1 amide bonds. The van der Waals surface area contributed by atoms with Gasteiger partial charge in [0, 0.05) is 21.7 Å². The predicted octanol–water partition coefficient (Wildman–Crippen LogP) is 4.41. The highest BCUT2D eigenvalue weighted by molar-refractivity contribution is 7.18. The van der Waals surface area contributed by atoms with Crippen LogP contribution >= 0.6 is 34.5 Å². The first-order valence-electron chi connectivity index (χ1n) is 6.79. The Bertz CT molecular complexity index is 1040. The van der Waals surface area contributed by atoms with Crippen molar-refractivity contribution in [2.45, 2.75) is 0 Å². The number of hydrogen-bond donors (Lipinski definition) is 2. The lowest BCUT2D eigenvalue weighted by Crippen LogP contribution is -2.09. The van der Waals surface area contributed by atoms with E-state index in [9.17, 15) is 4.79 Å². The van der Waals surface area contributed by atoms with Crippen LogP contribution in [0.1, 0.15) is 9.67 Å². The minimum Gasteiger partial charge on any atom is -0.384 e. The number of halogens is 2. The van der Waals surface area contributed by atoms with Crippen LogP contribution < -0.4 is 11.5 Å². The fourth-order valence-corrected chi connectivity index (χ4v) is 3.89. The summed E-state index contributed by atoms with van der Waals surface area (Å²) < 4.78 is 0. The van der Waals surface area contributed by atoms with Crippen molar-refractivity contribution in [3.8, 4) is 21.7 Å². The maximum Gasteiger partial charge on any atom is 0.258 e. The second-order valence-corrected chi connectivity index (χ2v) is 6.78. The number of thiophene rings is 1. The first-order valence-corrected chi connectivity index (χ1v) is 8.37. The minimum absolute atomic E-state index is 0.211. The Morgan fingerprint density at radius 2 is 2.00 bits per heavy atom. The van der Waals surface area contributed by atoms with E-state index >= 15 is 0 Å².